The minimum atomic E-state index is 0.306. The quantitative estimate of drug-likeness (QED) is 0.468. The van der Waals surface area contributed by atoms with Crippen molar-refractivity contribution in [3.8, 4) is 0 Å². The van der Waals surface area contributed by atoms with Gasteiger partial charge in [0.05, 0.1) is 0 Å². The summed E-state index contributed by atoms with van der Waals surface area (Å²) in [6, 6.07) is 0. The maximum absolute atomic E-state index is 2.52. The Bertz CT molecular complexity index is 251. The summed E-state index contributed by atoms with van der Waals surface area (Å²) >= 11 is 0. The zero-order valence-corrected chi connectivity index (χ0v) is 15.7. The van der Waals surface area contributed by atoms with Gasteiger partial charge in [-0.3, -0.25) is 0 Å². The molecule has 2 fully saturated rings. The van der Waals surface area contributed by atoms with Gasteiger partial charge in [0.1, 0.15) is 0 Å². The van der Waals surface area contributed by atoms with Gasteiger partial charge in [-0.05, 0) is 49.1 Å². The Morgan fingerprint density at radius 2 is 1.10 bits per heavy atom. The first-order valence-corrected chi connectivity index (χ1v) is 11.7. The highest BCUT2D eigenvalue weighted by atomic mass is 31.1. The molecular formula is C20H39P. The fourth-order valence-corrected chi connectivity index (χ4v) is 8.76. The standard InChI is InChI=1S/C20H39P/c1-18(2)20-16-12-8-5-9-13-17-21(20)19-14-10-6-3-4-7-11-15-19/h18-20H,3-17H2,1-2H3. The van der Waals surface area contributed by atoms with Gasteiger partial charge in [0.15, 0.2) is 0 Å². The van der Waals surface area contributed by atoms with Crippen LogP contribution in [-0.2, 0) is 0 Å². The molecule has 1 heteroatoms. The second-order valence-electron chi connectivity index (χ2n) is 7.96. The van der Waals surface area contributed by atoms with Crippen molar-refractivity contribution < 1.29 is 0 Å². The summed E-state index contributed by atoms with van der Waals surface area (Å²) in [6.07, 6.45) is 23.1. The van der Waals surface area contributed by atoms with Gasteiger partial charge in [0.25, 0.3) is 0 Å². The zero-order valence-electron chi connectivity index (χ0n) is 14.8. The molecule has 0 N–H and O–H groups in total. The minimum Gasteiger partial charge on any atom is -0.100 e. The molecule has 0 radical (unpaired) electrons. The highest BCUT2D eigenvalue weighted by Crippen LogP contribution is 2.55. The van der Waals surface area contributed by atoms with Crippen molar-refractivity contribution in [1.29, 1.82) is 0 Å². The first-order chi connectivity index (χ1) is 10.3. The number of hydrogen-bond donors (Lipinski definition) is 0. The molecule has 1 aliphatic heterocycles. The van der Waals surface area contributed by atoms with E-state index < -0.39 is 0 Å². The second kappa shape index (κ2) is 10.3. The van der Waals surface area contributed by atoms with Gasteiger partial charge >= 0.3 is 0 Å². The summed E-state index contributed by atoms with van der Waals surface area (Å²) in [5, 5.41) is 0. The average molecular weight is 311 g/mol. The van der Waals surface area contributed by atoms with Gasteiger partial charge in [0.2, 0.25) is 0 Å². The van der Waals surface area contributed by atoms with E-state index in [1.54, 1.807) is 31.8 Å². The van der Waals surface area contributed by atoms with Crippen LogP contribution < -0.4 is 0 Å². The highest BCUT2D eigenvalue weighted by molar-refractivity contribution is 7.59. The van der Waals surface area contributed by atoms with Crippen molar-refractivity contribution in [3.05, 3.63) is 0 Å². The normalized spacial score (nSPS) is 31.6. The molecule has 0 nitrogen and oxygen atoms in total. The molecule has 124 valence electrons. The fraction of sp³-hybridized carbons (Fsp3) is 1.00. The summed E-state index contributed by atoms with van der Waals surface area (Å²) in [5.74, 6) is 0.932. The van der Waals surface area contributed by atoms with E-state index in [1.807, 2.05) is 0 Å². The van der Waals surface area contributed by atoms with E-state index in [0.29, 0.717) is 7.92 Å². The number of hydrogen-bond acceptors (Lipinski definition) is 0. The van der Waals surface area contributed by atoms with E-state index in [4.69, 9.17) is 0 Å². The molecule has 2 aliphatic rings. The smallest absolute Gasteiger partial charge is 0.0184 e. The van der Waals surface area contributed by atoms with Gasteiger partial charge in [-0.15, -0.1) is 7.92 Å². The maximum Gasteiger partial charge on any atom is -0.0184 e. The third-order valence-corrected chi connectivity index (χ3v) is 9.90. The average Bonchev–Trinajstić information content (AvgIpc) is 2.68. The van der Waals surface area contributed by atoms with E-state index in [0.717, 1.165) is 17.2 Å². The summed E-state index contributed by atoms with van der Waals surface area (Å²) in [4.78, 5) is 0. The van der Waals surface area contributed by atoms with Crippen LogP contribution in [0, 0.1) is 5.92 Å². The molecule has 0 aromatic carbocycles. The van der Waals surface area contributed by atoms with E-state index >= 15 is 0 Å². The van der Waals surface area contributed by atoms with Gasteiger partial charge < -0.3 is 0 Å². The molecule has 1 aliphatic carbocycles. The van der Waals surface area contributed by atoms with Crippen LogP contribution in [0.3, 0.4) is 0 Å². The summed E-state index contributed by atoms with van der Waals surface area (Å²) in [6.45, 7) is 5.04. The molecule has 0 amide bonds. The van der Waals surface area contributed by atoms with Gasteiger partial charge in [0, 0.05) is 0 Å². The molecular weight excluding hydrogens is 271 g/mol. The first kappa shape index (κ1) is 17.8. The van der Waals surface area contributed by atoms with E-state index in [9.17, 15) is 0 Å². The van der Waals surface area contributed by atoms with Crippen LogP contribution in [0.4, 0.5) is 0 Å². The molecule has 0 bridgehead atoms. The third kappa shape index (κ3) is 6.21. The Labute approximate surface area is 135 Å². The van der Waals surface area contributed by atoms with Gasteiger partial charge in [-0.25, -0.2) is 0 Å². The van der Waals surface area contributed by atoms with Crippen molar-refractivity contribution >= 4 is 7.92 Å². The molecule has 1 saturated heterocycles. The van der Waals surface area contributed by atoms with Crippen LogP contribution in [0.2, 0.25) is 0 Å². The fourth-order valence-electron chi connectivity index (χ4n) is 4.62. The maximum atomic E-state index is 2.52. The lowest BCUT2D eigenvalue weighted by Gasteiger charge is -2.37. The lowest BCUT2D eigenvalue weighted by molar-refractivity contribution is 0.522. The second-order valence-corrected chi connectivity index (χ2v) is 10.8. The molecule has 0 spiro atoms. The van der Waals surface area contributed by atoms with Crippen molar-refractivity contribution in [2.45, 2.75) is 115 Å². The predicted octanol–water partition coefficient (Wildman–Crippen LogP) is 7.35. The third-order valence-electron chi connectivity index (χ3n) is 5.91. The zero-order chi connectivity index (χ0) is 14.9. The van der Waals surface area contributed by atoms with E-state index in [1.165, 1.54) is 64.2 Å². The van der Waals surface area contributed by atoms with Crippen molar-refractivity contribution in [2.24, 2.45) is 5.92 Å². The van der Waals surface area contributed by atoms with Crippen LogP contribution in [0.1, 0.15) is 104 Å². The Morgan fingerprint density at radius 3 is 1.67 bits per heavy atom. The number of rotatable bonds is 2. The molecule has 0 aromatic rings. The van der Waals surface area contributed by atoms with Gasteiger partial charge in [-0.1, -0.05) is 78.1 Å². The van der Waals surface area contributed by atoms with Crippen molar-refractivity contribution in [2.75, 3.05) is 6.16 Å². The monoisotopic (exact) mass is 310 g/mol. The molecule has 2 atom stereocenters. The highest BCUT2D eigenvalue weighted by Gasteiger charge is 2.30. The predicted molar refractivity (Wildman–Crippen MR) is 98.8 cm³/mol. The molecule has 21 heavy (non-hydrogen) atoms. The lowest BCUT2D eigenvalue weighted by atomic mass is 10.0. The van der Waals surface area contributed by atoms with Crippen LogP contribution in [0.15, 0.2) is 0 Å². The summed E-state index contributed by atoms with van der Waals surface area (Å²) < 4.78 is 0. The molecule has 2 rings (SSSR count). The summed E-state index contributed by atoms with van der Waals surface area (Å²) in [5.41, 5.74) is 2.22. The van der Waals surface area contributed by atoms with Crippen LogP contribution in [0.5, 0.6) is 0 Å². The van der Waals surface area contributed by atoms with Gasteiger partial charge in [-0.2, -0.15) is 0 Å². The molecule has 1 saturated carbocycles. The Morgan fingerprint density at radius 1 is 0.619 bits per heavy atom. The lowest BCUT2D eigenvalue weighted by Crippen LogP contribution is -2.22. The molecule has 1 heterocycles. The topological polar surface area (TPSA) is 0 Å². The largest absolute Gasteiger partial charge is 0.100 e. The summed E-state index contributed by atoms with van der Waals surface area (Å²) in [7, 11) is 0.306. The van der Waals surface area contributed by atoms with Crippen LogP contribution >= 0.6 is 7.92 Å². The first-order valence-electron chi connectivity index (χ1n) is 10.0. The molecule has 0 aromatic heterocycles. The minimum absolute atomic E-state index is 0.306. The Kier molecular flexibility index (Phi) is 8.68. The van der Waals surface area contributed by atoms with Crippen LogP contribution in [0.25, 0.3) is 0 Å². The van der Waals surface area contributed by atoms with Crippen LogP contribution in [-0.4, -0.2) is 17.5 Å². The Hall–Kier alpha value is 0.430. The molecule has 2 unspecified atom stereocenters. The SMILES string of the molecule is CC(C)C1CCCCCCCP1C1CCCCCCCC1. The van der Waals surface area contributed by atoms with Crippen molar-refractivity contribution in [1.82, 2.24) is 0 Å². The van der Waals surface area contributed by atoms with E-state index in [-0.39, 0.29) is 0 Å². The van der Waals surface area contributed by atoms with E-state index in [2.05, 4.69) is 13.8 Å². The van der Waals surface area contributed by atoms with Crippen molar-refractivity contribution in [3.63, 3.8) is 0 Å². The Balaban J connectivity index is 2.03.